The van der Waals surface area contributed by atoms with Crippen LogP contribution in [0.1, 0.15) is 5.56 Å². The van der Waals surface area contributed by atoms with Crippen molar-refractivity contribution < 1.29 is 14.8 Å². The monoisotopic (exact) mass is 287 g/mol. The molecule has 0 aliphatic rings. The van der Waals surface area contributed by atoms with Gasteiger partial charge in [0, 0.05) is 6.07 Å². The molecular weight excluding hydrogens is 274 g/mol. The van der Waals surface area contributed by atoms with Gasteiger partial charge in [0.2, 0.25) is 0 Å². The molecule has 0 bridgehead atoms. The van der Waals surface area contributed by atoms with Crippen molar-refractivity contribution >= 4 is 17.6 Å². The molecule has 2 rings (SSSR count). The predicted octanol–water partition coefficient (Wildman–Crippen LogP) is 2.76. The number of nitro groups is 1. The highest BCUT2D eigenvalue weighted by molar-refractivity contribution is 5.81. The van der Waals surface area contributed by atoms with Gasteiger partial charge in [-0.25, -0.2) is 0 Å². The zero-order chi connectivity index (χ0) is 15.2. The first kappa shape index (κ1) is 14.3. The lowest BCUT2D eigenvalue weighted by molar-refractivity contribution is -0.384. The molecule has 7 nitrogen and oxygen atoms in total. The Morgan fingerprint density at radius 1 is 1.33 bits per heavy atom. The molecule has 0 aromatic heterocycles. The summed E-state index contributed by atoms with van der Waals surface area (Å²) in [7, 11) is 1.46. The number of aromatic hydroxyl groups is 1. The van der Waals surface area contributed by atoms with E-state index in [4.69, 9.17) is 4.74 Å². The minimum atomic E-state index is -0.489. The average molecular weight is 287 g/mol. The maximum Gasteiger partial charge on any atom is 0.294 e. The molecule has 0 fully saturated rings. The van der Waals surface area contributed by atoms with Crippen LogP contribution in [0.5, 0.6) is 11.5 Å². The summed E-state index contributed by atoms with van der Waals surface area (Å²) in [4.78, 5) is 10.3. The smallest absolute Gasteiger partial charge is 0.294 e. The molecule has 0 unspecified atom stereocenters. The lowest BCUT2D eigenvalue weighted by Gasteiger charge is -2.03. The topological polar surface area (TPSA) is 97.0 Å². The van der Waals surface area contributed by atoms with Crippen LogP contribution in [0.25, 0.3) is 0 Å². The molecule has 0 saturated heterocycles. The lowest BCUT2D eigenvalue weighted by Crippen LogP contribution is -1.96. The van der Waals surface area contributed by atoms with E-state index in [9.17, 15) is 15.2 Å². The van der Waals surface area contributed by atoms with Gasteiger partial charge in [0.25, 0.3) is 5.69 Å². The van der Waals surface area contributed by atoms with Crippen LogP contribution < -0.4 is 10.2 Å². The Morgan fingerprint density at radius 3 is 2.76 bits per heavy atom. The van der Waals surface area contributed by atoms with Crippen molar-refractivity contribution in [3.63, 3.8) is 0 Å². The first-order valence-corrected chi connectivity index (χ1v) is 6.01. The number of rotatable bonds is 5. The summed E-state index contributed by atoms with van der Waals surface area (Å²) in [5.41, 5.74) is 3.46. The highest BCUT2D eigenvalue weighted by Crippen LogP contribution is 2.26. The molecule has 0 saturated carbocycles. The van der Waals surface area contributed by atoms with Gasteiger partial charge in [0.15, 0.2) is 11.5 Å². The number of ether oxygens (including phenoxy) is 1. The Balaban J connectivity index is 2.13. The third kappa shape index (κ3) is 3.47. The molecule has 0 amide bonds. The van der Waals surface area contributed by atoms with Crippen molar-refractivity contribution in [2.24, 2.45) is 5.10 Å². The maximum absolute atomic E-state index is 10.8. The van der Waals surface area contributed by atoms with Crippen LogP contribution in [-0.2, 0) is 0 Å². The lowest BCUT2D eigenvalue weighted by atomic mass is 10.2. The van der Waals surface area contributed by atoms with Gasteiger partial charge in [-0.05, 0) is 29.8 Å². The van der Waals surface area contributed by atoms with E-state index in [1.807, 2.05) is 0 Å². The van der Waals surface area contributed by atoms with Crippen LogP contribution in [0, 0.1) is 10.1 Å². The molecular formula is C14H13N3O4. The number of benzene rings is 2. The second-order valence-corrected chi connectivity index (χ2v) is 4.08. The molecule has 7 heteroatoms. The molecule has 0 atom stereocenters. The van der Waals surface area contributed by atoms with Crippen LogP contribution in [0.3, 0.4) is 0 Å². The van der Waals surface area contributed by atoms with Gasteiger partial charge >= 0.3 is 0 Å². The second kappa shape index (κ2) is 6.38. The first-order chi connectivity index (χ1) is 10.1. The zero-order valence-corrected chi connectivity index (χ0v) is 11.2. The van der Waals surface area contributed by atoms with Crippen LogP contribution in [-0.4, -0.2) is 23.4 Å². The molecule has 0 heterocycles. The van der Waals surface area contributed by atoms with Crippen molar-refractivity contribution in [2.75, 3.05) is 12.5 Å². The Bertz CT molecular complexity index is 686. The van der Waals surface area contributed by atoms with Gasteiger partial charge in [-0.2, -0.15) is 5.10 Å². The molecule has 2 aromatic carbocycles. The fourth-order valence-corrected chi connectivity index (χ4v) is 1.69. The minimum absolute atomic E-state index is 0.00728. The van der Waals surface area contributed by atoms with E-state index in [1.54, 1.807) is 30.3 Å². The summed E-state index contributed by atoms with van der Waals surface area (Å²) in [6.45, 7) is 0. The fraction of sp³-hybridized carbons (Fsp3) is 0.0714. The number of nitrogens with zero attached hydrogens (tertiary/aromatic N) is 2. The number of hydrazone groups is 1. The number of methoxy groups -OCH3 is 1. The largest absolute Gasteiger partial charge is 0.504 e. The van der Waals surface area contributed by atoms with Crippen LogP contribution in [0.2, 0.25) is 0 Å². The molecule has 0 aliphatic heterocycles. The molecule has 21 heavy (non-hydrogen) atoms. The predicted molar refractivity (Wildman–Crippen MR) is 79.0 cm³/mol. The Labute approximate surface area is 120 Å². The zero-order valence-electron chi connectivity index (χ0n) is 11.2. The molecule has 108 valence electrons. The fourth-order valence-electron chi connectivity index (χ4n) is 1.69. The van der Waals surface area contributed by atoms with E-state index in [1.165, 1.54) is 25.5 Å². The van der Waals surface area contributed by atoms with Crippen molar-refractivity contribution in [2.45, 2.75) is 0 Å². The SMILES string of the molecule is COc1ccc(/C=N\Nc2ccccc2[N+](=O)[O-])cc1O. The van der Waals surface area contributed by atoms with E-state index in [0.717, 1.165) is 0 Å². The molecule has 2 aromatic rings. The number of para-hydroxylation sites is 2. The van der Waals surface area contributed by atoms with Crippen LogP contribution in [0.15, 0.2) is 47.6 Å². The van der Waals surface area contributed by atoms with E-state index in [-0.39, 0.29) is 17.1 Å². The number of phenols is 1. The van der Waals surface area contributed by atoms with Crippen molar-refractivity contribution in [1.29, 1.82) is 0 Å². The maximum atomic E-state index is 10.8. The third-order valence-corrected chi connectivity index (χ3v) is 2.70. The summed E-state index contributed by atoms with van der Waals surface area (Å²) in [5.74, 6) is 0.353. The van der Waals surface area contributed by atoms with Crippen LogP contribution in [0.4, 0.5) is 11.4 Å². The number of phenolic OH excluding ortho intramolecular Hbond substituents is 1. The van der Waals surface area contributed by atoms with E-state index < -0.39 is 4.92 Å². The number of nitrogens with one attached hydrogen (secondary N) is 1. The summed E-state index contributed by atoms with van der Waals surface area (Å²) < 4.78 is 4.93. The van der Waals surface area contributed by atoms with E-state index >= 15 is 0 Å². The molecule has 0 spiro atoms. The minimum Gasteiger partial charge on any atom is -0.504 e. The Hall–Kier alpha value is -3.09. The standard InChI is InChI=1S/C14H13N3O4/c1-21-14-7-6-10(8-13(14)18)9-15-16-11-4-2-3-5-12(11)17(19)20/h2-9,16,18H,1H3/b15-9-. The van der Waals surface area contributed by atoms with Crippen molar-refractivity contribution in [1.82, 2.24) is 0 Å². The Morgan fingerprint density at radius 2 is 2.10 bits per heavy atom. The van der Waals surface area contributed by atoms with Gasteiger partial charge in [0.05, 0.1) is 18.2 Å². The van der Waals surface area contributed by atoms with Crippen LogP contribution >= 0.6 is 0 Å². The summed E-state index contributed by atoms with van der Waals surface area (Å²) >= 11 is 0. The Kier molecular flexibility index (Phi) is 4.35. The molecule has 0 radical (unpaired) electrons. The molecule has 0 aliphatic carbocycles. The summed E-state index contributed by atoms with van der Waals surface area (Å²) in [6, 6.07) is 11.0. The summed E-state index contributed by atoms with van der Waals surface area (Å²) in [5, 5.41) is 24.4. The second-order valence-electron chi connectivity index (χ2n) is 4.08. The van der Waals surface area contributed by atoms with E-state index in [2.05, 4.69) is 10.5 Å². The number of hydrogen-bond acceptors (Lipinski definition) is 6. The average Bonchev–Trinajstić information content (AvgIpc) is 2.48. The van der Waals surface area contributed by atoms with Gasteiger partial charge < -0.3 is 9.84 Å². The third-order valence-electron chi connectivity index (χ3n) is 2.70. The first-order valence-electron chi connectivity index (χ1n) is 6.01. The highest BCUT2D eigenvalue weighted by Gasteiger charge is 2.10. The van der Waals surface area contributed by atoms with Gasteiger partial charge in [-0.15, -0.1) is 0 Å². The van der Waals surface area contributed by atoms with Crippen molar-refractivity contribution in [3.8, 4) is 11.5 Å². The van der Waals surface area contributed by atoms with Gasteiger partial charge in [-0.3, -0.25) is 15.5 Å². The number of hydrogen-bond donors (Lipinski definition) is 2. The number of nitro benzene ring substituents is 1. The molecule has 2 N–H and O–H groups in total. The number of anilines is 1. The quantitative estimate of drug-likeness (QED) is 0.500. The normalized spacial score (nSPS) is 10.5. The van der Waals surface area contributed by atoms with Gasteiger partial charge in [-0.1, -0.05) is 12.1 Å². The van der Waals surface area contributed by atoms with Gasteiger partial charge in [0.1, 0.15) is 5.69 Å². The van der Waals surface area contributed by atoms with E-state index in [0.29, 0.717) is 11.3 Å². The highest BCUT2D eigenvalue weighted by atomic mass is 16.6. The van der Waals surface area contributed by atoms with Crippen molar-refractivity contribution in [3.05, 3.63) is 58.1 Å². The summed E-state index contributed by atoms with van der Waals surface area (Å²) in [6.07, 6.45) is 1.44.